The molecule has 6 heteroatoms. The van der Waals surface area contributed by atoms with Crippen LogP contribution in [0.15, 0.2) is 48.5 Å². The van der Waals surface area contributed by atoms with Gasteiger partial charge in [0.2, 0.25) is 0 Å². The first-order valence-corrected chi connectivity index (χ1v) is 9.96. The van der Waals surface area contributed by atoms with Crippen LogP contribution < -0.4 is 4.74 Å². The smallest absolute Gasteiger partial charge is 0.270 e. The van der Waals surface area contributed by atoms with E-state index in [0.29, 0.717) is 12.3 Å². The quantitative estimate of drug-likeness (QED) is 0.708. The molecular weight excluding hydrogens is 374 g/mol. The Morgan fingerprint density at radius 3 is 2.64 bits per heavy atom. The Morgan fingerprint density at radius 2 is 1.89 bits per heavy atom. The Kier molecular flexibility index (Phi) is 5.55. The molecule has 0 atom stereocenters. The van der Waals surface area contributed by atoms with Gasteiger partial charge in [0.05, 0.1) is 0 Å². The number of para-hydroxylation sites is 1. The fourth-order valence-corrected chi connectivity index (χ4v) is 3.65. The Morgan fingerprint density at radius 1 is 1.11 bits per heavy atom. The molecule has 1 fully saturated rings. The molecule has 1 aliphatic rings. The first-order valence-electron chi connectivity index (χ1n) is 9.58. The zero-order valence-electron chi connectivity index (χ0n) is 16.0. The number of carbonyl (C=O) groups excluding carboxylic acids is 1. The SMILES string of the molecule is Cc1cc(OCCN2CCN(C(=O)c3cc4ccccc4[nH]3)CC2)ccc1Cl. The van der Waals surface area contributed by atoms with E-state index >= 15 is 0 Å². The van der Waals surface area contributed by atoms with Crippen molar-refractivity contribution in [3.05, 3.63) is 64.8 Å². The fourth-order valence-electron chi connectivity index (χ4n) is 3.53. The molecule has 0 unspecified atom stereocenters. The molecule has 146 valence electrons. The van der Waals surface area contributed by atoms with Gasteiger partial charge in [0.1, 0.15) is 18.1 Å². The highest BCUT2D eigenvalue weighted by atomic mass is 35.5. The summed E-state index contributed by atoms with van der Waals surface area (Å²) >= 11 is 6.04. The number of rotatable bonds is 5. The minimum Gasteiger partial charge on any atom is -0.492 e. The van der Waals surface area contributed by atoms with Gasteiger partial charge in [-0.2, -0.15) is 0 Å². The Labute approximate surface area is 169 Å². The number of nitrogens with one attached hydrogen (secondary N) is 1. The molecule has 3 aromatic rings. The number of aromatic amines is 1. The number of piperazine rings is 1. The van der Waals surface area contributed by atoms with E-state index in [-0.39, 0.29) is 5.91 Å². The van der Waals surface area contributed by atoms with Crippen LogP contribution in [-0.4, -0.2) is 60.0 Å². The summed E-state index contributed by atoms with van der Waals surface area (Å²) in [7, 11) is 0. The van der Waals surface area contributed by atoms with E-state index in [9.17, 15) is 4.79 Å². The summed E-state index contributed by atoms with van der Waals surface area (Å²) in [5, 5.41) is 1.82. The lowest BCUT2D eigenvalue weighted by Crippen LogP contribution is -2.49. The number of fused-ring (bicyclic) bond motifs is 1. The summed E-state index contributed by atoms with van der Waals surface area (Å²) < 4.78 is 5.84. The molecule has 1 aliphatic heterocycles. The lowest BCUT2D eigenvalue weighted by molar-refractivity contribution is 0.0615. The van der Waals surface area contributed by atoms with Gasteiger partial charge in [-0.05, 0) is 42.8 Å². The molecule has 2 heterocycles. The standard InChI is InChI=1S/C22H24ClN3O2/c1-16-14-18(6-7-19(16)23)28-13-12-25-8-10-26(11-9-25)22(27)21-15-17-4-2-3-5-20(17)24-21/h2-7,14-15,24H,8-13H2,1H3. The van der Waals surface area contributed by atoms with Crippen molar-refractivity contribution < 1.29 is 9.53 Å². The van der Waals surface area contributed by atoms with E-state index in [4.69, 9.17) is 16.3 Å². The van der Waals surface area contributed by atoms with E-state index in [1.54, 1.807) is 0 Å². The van der Waals surface area contributed by atoms with Crippen molar-refractivity contribution in [1.29, 1.82) is 0 Å². The van der Waals surface area contributed by atoms with E-state index in [2.05, 4.69) is 9.88 Å². The van der Waals surface area contributed by atoms with Crippen LogP contribution >= 0.6 is 11.6 Å². The molecule has 0 radical (unpaired) electrons. The molecule has 1 aromatic heterocycles. The third-order valence-electron chi connectivity index (χ3n) is 5.23. The average molecular weight is 398 g/mol. The van der Waals surface area contributed by atoms with Gasteiger partial charge in [-0.25, -0.2) is 0 Å². The van der Waals surface area contributed by atoms with Crippen molar-refractivity contribution in [2.75, 3.05) is 39.3 Å². The summed E-state index contributed by atoms with van der Waals surface area (Å²) in [4.78, 5) is 20.3. The highest BCUT2D eigenvalue weighted by Crippen LogP contribution is 2.21. The molecule has 0 aliphatic carbocycles. The molecule has 0 spiro atoms. The second kappa shape index (κ2) is 8.25. The monoisotopic (exact) mass is 397 g/mol. The van der Waals surface area contributed by atoms with Gasteiger partial charge in [0, 0.05) is 48.6 Å². The molecule has 0 bridgehead atoms. The lowest BCUT2D eigenvalue weighted by atomic mass is 10.2. The largest absolute Gasteiger partial charge is 0.492 e. The minimum absolute atomic E-state index is 0.0729. The molecule has 1 saturated heterocycles. The second-order valence-electron chi connectivity index (χ2n) is 7.16. The van der Waals surface area contributed by atoms with Gasteiger partial charge in [-0.3, -0.25) is 9.69 Å². The van der Waals surface area contributed by atoms with Crippen molar-refractivity contribution in [1.82, 2.24) is 14.8 Å². The van der Waals surface area contributed by atoms with Crippen molar-refractivity contribution in [2.45, 2.75) is 6.92 Å². The summed E-state index contributed by atoms with van der Waals surface area (Å²) in [5.74, 6) is 0.915. The maximum Gasteiger partial charge on any atom is 0.270 e. The van der Waals surface area contributed by atoms with Crippen LogP contribution in [0, 0.1) is 6.92 Å². The number of halogens is 1. The van der Waals surface area contributed by atoms with Crippen LogP contribution in [0.4, 0.5) is 0 Å². The Bertz CT molecular complexity index is 944. The van der Waals surface area contributed by atoms with E-state index in [1.807, 2.05) is 60.4 Å². The minimum atomic E-state index is 0.0729. The molecular formula is C22H24ClN3O2. The molecule has 1 N–H and O–H groups in total. The van der Waals surface area contributed by atoms with Gasteiger partial charge >= 0.3 is 0 Å². The van der Waals surface area contributed by atoms with Crippen LogP contribution in [0.25, 0.3) is 10.9 Å². The number of amides is 1. The molecule has 4 rings (SSSR count). The molecule has 28 heavy (non-hydrogen) atoms. The number of benzene rings is 2. The normalized spacial score (nSPS) is 15.1. The number of ether oxygens (including phenoxy) is 1. The predicted octanol–water partition coefficient (Wildman–Crippen LogP) is 3.97. The average Bonchev–Trinajstić information content (AvgIpc) is 3.15. The Hall–Kier alpha value is -2.50. The zero-order valence-corrected chi connectivity index (χ0v) is 16.7. The fraction of sp³-hybridized carbons (Fsp3) is 0.318. The number of carbonyl (C=O) groups is 1. The number of hydrogen-bond acceptors (Lipinski definition) is 3. The second-order valence-corrected chi connectivity index (χ2v) is 7.57. The van der Waals surface area contributed by atoms with E-state index < -0.39 is 0 Å². The summed E-state index contributed by atoms with van der Waals surface area (Å²) in [6, 6.07) is 15.6. The number of H-pyrrole nitrogens is 1. The van der Waals surface area contributed by atoms with Crippen molar-refractivity contribution in [3.63, 3.8) is 0 Å². The lowest BCUT2D eigenvalue weighted by Gasteiger charge is -2.34. The first kappa shape index (κ1) is 18.8. The van der Waals surface area contributed by atoms with Crippen LogP contribution in [0.3, 0.4) is 0 Å². The van der Waals surface area contributed by atoms with Crippen molar-refractivity contribution in [3.8, 4) is 5.75 Å². The number of nitrogens with zero attached hydrogens (tertiary/aromatic N) is 2. The molecule has 5 nitrogen and oxygen atoms in total. The van der Waals surface area contributed by atoms with E-state index in [0.717, 1.165) is 60.0 Å². The number of aromatic nitrogens is 1. The number of hydrogen-bond donors (Lipinski definition) is 1. The Balaban J connectivity index is 1.26. The van der Waals surface area contributed by atoms with Gasteiger partial charge in [0.25, 0.3) is 5.91 Å². The summed E-state index contributed by atoms with van der Waals surface area (Å²) in [5.41, 5.74) is 2.68. The van der Waals surface area contributed by atoms with Crippen molar-refractivity contribution >= 4 is 28.4 Å². The summed E-state index contributed by atoms with van der Waals surface area (Å²) in [6.07, 6.45) is 0. The van der Waals surface area contributed by atoms with E-state index in [1.165, 1.54) is 0 Å². The maximum atomic E-state index is 12.8. The topological polar surface area (TPSA) is 48.6 Å². The summed E-state index contributed by atoms with van der Waals surface area (Å²) in [6.45, 7) is 6.61. The third kappa shape index (κ3) is 4.16. The van der Waals surface area contributed by atoms with Crippen LogP contribution in [0.1, 0.15) is 16.1 Å². The van der Waals surface area contributed by atoms with Gasteiger partial charge in [0.15, 0.2) is 0 Å². The van der Waals surface area contributed by atoms with Crippen molar-refractivity contribution in [2.24, 2.45) is 0 Å². The zero-order chi connectivity index (χ0) is 19.5. The third-order valence-corrected chi connectivity index (χ3v) is 5.65. The molecule has 2 aromatic carbocycles. The van der Waals surface area contributed by atoms with Crippen LogP contribution in [-0.2, 0) is 0 Å². The highest BCUT2D eigenvalue weighted by molar-refractivity contribution is 6.31. The van der Waals surface area contributed by atoms with Crippen LogP contribution in [0.2, 0.25) is 5.02 Å². The van der Waals surface area contributed by atoms with Crippen LogP contribution in [0.5, 0.6) is 5.75 Å². The molecule has 1 amide bonds. The van der Waals surface area contributed by atoms with Gasteiger partial charge < -0.3 is 14.6 Å². The molecule has 0 saturated carbocycles. The predicted molar refractivity (Wildman–Crippen MR) is 112 cm³/mol. The van der Waals surface area contributed by atoms with Gasteiger partial charge in [-0.15, -0.1) is 0 Å². The first-order chi connectivity index (χ1) is 13.6. The highest BCUT2D eigenvalue weighted by Gasteiger charge is 2.23. The van der Waals surface area contributed by atoms with Gasteiger partial charge in [-0.1, -0.05) is 29.8 Å². The maximum absolute atomic E-state index is 12.8. The number of aryl methyl sites for hydroxylation is 1.